The van der Waals surface area contributed by atoms with Gasteiger partial charge in [-0.3, -0.25) is 68.1 Å². The second-order valence-corrected chi connectivity index (χ2v) is 31.1. The lowest BCUT2D eigenvalue weighted by Gasteiger charge is -2.33. The molecule has 7 rings (SSSR count). The van der Waals surface area contributed by atoms with E-state index in [1.54, 1.807) is 65.2 Å². The molecule has 4 heterocycles. The minimum absolute atomic E-state index is 0.0121. The fourth-order valence-corrected chi connectivity index (χ4v) is 14.7. The number of para-hydroxylation sites is 2. The highest BCUT2D eigenvalue weighted by Gasteiger charge is 2.35. The van der Waals surface area contributed by atoms with Crippen molar-refractivity contribution in [2.75, 3.05) is 137 Å². The van der Waals surface area contributed by atoms with Crippen molar-refractivity contribution >= 4 is 93.7 Å². The van der Waals surface area contributed by atoms with Crippen LogP contribution in [0.2, 0.25) is 0 Å². The molecule has 0 radical (unpaired) electrons. The Morgan fingerprint density at radius 1 is 0.567 bits per heavy atom. The highest BCUT2D eigenvalue weighted by molar-refractivity contribution is 5.99. The molecule has 0 spiro atoms. The van der Waals surface area contributed by atoms with Gasteiger partial charge in [0.15, 0.2) is 5.96 Å². The van der Waals surface area contributed by atoms with Crippen LogP contribution >= 0.6 is 0 Å². The van der Waals surface area contributed by atoms with Crippen LogP contribution in [0.1, 0.15) is 179 Å². The summed E-state index contributed by atoms with van der Waals surface area (Å²) in [6, 6.07) is 13.7. The highest BCUT2D eigenvalue weighted by atomic mass is 16.2. The second-order valence-electron chi connectivity index (χ2n) is 31.1. The molecule has 35 heteroatoms. The quantitative estimate of drug-likeness (QED) is 0.0172. The first-order chi connectivity index (χ1) is 57.9. The number of anilines is 1. The summed E-state index contributed by atoms with van der Waals surface area (Å²) in [6.45, 7) is 24.6. The molecule has 1 aromatic heterocycles. The SMILES string of the molecule is CCCC(NC(=O)CN1CCN(CC)CCN(CC)CCN(CC)CC1)C(=O)N[C@H](CCC)C(=O)N[C@H](CCC(=O)NCCCCC1NC(=O)[C@@H](Cc2ccccc2)NC(=O)[C@H](CC)NC(=O)CNC(=O)C(CCCNC(N)=NC)NC1=O)C(=O)NCCCCCCN1Cc2cc(C(=O)N(C)Cc3nc4ccccc4[nH]3)ccc2NN(CC)C1=O. The van der Waals surface area contributed by atoms with Crippen LogP contribution in [0.25, 0.3) is 11.0 Å². The van der Waals surface area contributed by atoms with Gasteiger partial charge in [0.05, 0.1) is 36.4 Å². The molecule has 2 saturated heterocycles. The first-order valence-corrected chi connectivity index (χ1v) is 43.4. The summed E-state index contributed by atoms with van der Waals surface area (Å²) in [6.07, 6.45) is 4.72. The van der Waals surface area contributed by atoms with Gasteiger partial charge in [-0.1, -0.05) is 110 Å². The van der Waals surface area contributed by atoms with E-state index in [2.05, 4.69) is 119 Å². The van der Waals surface area contributed by atoms with E-state index in [4.69, 9.17) is 5.73 Å². The number of nitrogens with two attached hydrogens (primary N) is 1. The molecular weight excluding hydrogens is 1540 g/mol. The minimum atomic E-state index is -1.26. The number of benzene rings is 3. The number of hydrogen-bond acceptors (Lipinski definition) is 19. The van der Waals surface area contributed by atoms with Crippen LogP contribution in [0.4, 0.5) is 10.5 Å². The Morgan fingerprint density at radius 3 is 1.75 bits per heavy atom. The number of nitrogens with one attached hydrogen (secondary N) is 13. The van der Waals surface area contributed by atoms with Crippen molar-refractivity contribution in [3.05, 3.63) is 95.3 Å². The maximum Gasteiger partial charge on any atom is 0.338 e. The van der Waals surface area contributed by atoms with Crippen LogP contribution in [0.3, 0.4) is 0 Å². The van der Waals surface area contributed by atoms with E-state index in [1.165, 1.54) is 7.05 Å². The molecule has 15 N–H and O–H groups in total. The van der Waals surface area contributed by atoms with Gasteiger partial charge in [0.25, 0.3) is 5.91 Å². The number of carbonyl (C=O) groups is 12. The third kappa shape index (κ3) is 32.2. The summed E-state index contributed by atoms with van der Waals surface area (Å²) in [5.74, 6) is -5.33. The zero-order valence-corrected chi connectivity index (χ0v) is 72.1. The Bertz CT molecular complexity index is 3950. The molecule has 3 aromatic carbocycles. The summed E-state index contributed by atoms with van der Waals surface area (Å²) in [5, 5.41) is 32.7. The van der Waals surface area contributed by atoms with Crippen molar-refractivity contribution in [3.8, 4) is 0 Å². The average Bonchev–Trinajstić information content (AvgIpc) is 1.66. The number of unbranched alkanes of at least 4 members (excludes halogenated alkanes) is 4. The molecule has 0 aliphatic carbocycles. The number of hydrazine groups is 1. The number of aromatic amines is 1. The van der Waals surface area contributed by atoms with Crippen molar-refractivity contribution in [1.82, 2.24) is 103 Å². The number of amides is 13. The standard InChI is InChI=1S/C85H135N23O12/c1-10-29-66(95-75(111)58-106-51-49-104(14-5)47-45-103(13-4)46-48-105(15-6)50-52-106)79(115)96-67(30-11-2)80(116)99-70(76(112)89-42-25-17-18-27-44-107-56-61-54-60(37-38-63(61)101-108(16-7)85(107)120)83(119)102(9)57-72-92-64-33-22-23-34-65(64)93-72)39-40-73(109)88-41-26-24-35-69-81(117)97-68(36-28-43-90-84(86)87-8)77(113)91-55-74(110)94-62(12-3)78(114)100-71(82(118)98-69)53-59-31-20-19-21-32-59/h19-23,31-34,37-38,54,62,66-71,101H,10-18,24-30,35-36,39-53,55-58H2,1-9H3,(H,88,109)(H,89,112)(H,91,113)(H,92,93)(H,94,110)(H,95,111)(H,96,115)(H,97,117)(H,98,118)(H,99,116)(H,100,114)(H3,86,87,90)/t62-,66?,67+,68?,69?,70+,71+/m0/s1. The van der Waals surface area contributed by atoms with Crippen LogP contribution in [0.15, 0.2) is 77.8 Å². The maximum absolute atomic E-state index is 14.6. The predicted octanol–water partition coefficient (Wildman–Crippen LogP) is 2.53. The number of nitrogens with zero attached hydrogens (tertiary/aromatic N) is 9. The van der Waals surface area contributed by atoms with Gasteiger partial charge in [-0.2, -0.15) is 0 Å². The van der Waals surface area contributed by atoms with Gasteiger partial charge in [0.1, 0.15) is 48.1 Å². The van der Waals surface area contributed by atoms with Crippen LogP contribution in [0.5, 0.6) is 0 Å². The van der Waals surface area contributed by atoms with E-state index in [0.29, 0.717) is 100 Å². The smallest absolute Gasteiger partial charge is 0.338 e. The number of rotatable bonds is 41. The summed E-state index contributed by atoms with van der Waals surface area (Å²) >= 11 is 0. The molecule has 7 atom stereocenters. The van der Waals surface area contributed by atoms with Crippen molar-refractivity contribution in [2.24, 2.45) is 10.7 Å². The number of fused-ring (bicyclic) bond motifs is 2. The summed E-state index contributed by atoms with van der Waals surface area (Å²) in [5.41, 5.74) is 13.4. The molecule has 3 unspecified atom stereocenters. The van der Waals surface area contributed by atoms with E-state index < -0.39 is 102 Å². The maximum atomic E-state index is 14.6. The number of imidazole rings is 1. The van der Waals surface area contributed by atoms with Crippen LogP contribution < -0.4 is 69.6 Å². The molecule has 4 aromatic rings. The molecule has 0 saturated carbocycles. The van der Waals surface area contributed by atoms with Gasteiger partial charge in [-0.15, -0.1) is 0 Å². The molecule has 120 heavy (non-hydrogen) atoms. The van der Waals surface area contributed by atoms with Gasteiger partial charge in [-0.25, -0.2) is 14.8 Å². The summed E-state index contributed by atoms with van der Waals surface area (Å²) in [4.78, 5) is 194. The number of H-pyrrole nitrogens is 1. The monoisotopic (exact) mass is 1670 g/mol. The third-order valence-corrected chi connectivity index (χ3v) is 22.1. The number of guanidine groups is 1. The minimum Gasteiger partial charge on any atom is -0.370 e. The topological polar surface area (TPSA) is 439 Å². The first-order valence-electron chi connectivity index (χ1n) is 43.4. The van der Waals surface area contributed by atoms with Crippen molar-refractivity contribution in [1.29, 1.82) is 0 Å². The van der Waals surface area contributed by atoms with Gasteiger partial charge >= 0.3 is 6.03 Å². The molecule has 13 amide bonds. The summed E-state index contributed by atoms with van der Waals surface area (Å²) < 4.78 is 0. The average molecular weight is 1670 g/mol. The largest absolute Gasteiger partial charge is 0.370 e. The van der Waals surface area contributed by atoms with Crippen molar-refractivity contribution < 1.29 is 57.5 Å². The van der Waals surface area contributed by atoms with Gasteiger partial charge in [0, 0.05) is 124 Å². The highest BCUT2D eigenvalue weighted by Crippen LogP contribution is 2.26. The van der Waals surface area contributed by atoms with Gasteiger partial charge in [-0.05, 0) is 139 Å². The molecule has 2 fully saturated rings. The Morgan fingerprint density at radius 2 is 1.12 bits per heavy atom. The van der Waals surface area contributed by atoms with E-state index in [1.807, 2.05) is 57.2 Å². The number of aliphatic imine (C=N–C) groups is 1. The van der Waals surface area contributed by atoms with E-state index >= 15 is 0 Å². The predicted molar refractivity (Wildman–Crippen MR) is 462 cm³/mol. The fraction of sp³-hybridized carbons (Fsp3) is 0.624. The molecule has 3 aliphatic rings. The molecule has 662 valence electrons. The summed E-state index contributed by atoms with van der Waals surface area (Å²) in [7, 11) is 3.23. The Labute approximate surface area is 707 Å². The number of likely N-dealkylation sites (N-methyl/N-ethyl adjacent to an activating group) is 3. The van der Waals surface area contributed by atoms with Crippen LogP contribution in [-0.2, 0) is 67.5 Å². The Kier molecular flexibility index (Phi) is 41.7. The van der Waals surface area contributed by atoms with E-state index in [9.17, 15) is 57.5 Å². The van der Waals surface area contributed by atoms with Gasteiger partial charge in [0.2, 0.25) is 59.1 Å². The zero-order chi connectivity index (χ0) is 86.9. The number of carbonyl (C=O) groups excluding carboxylic acids is 12. The van der Waals surface area contributed by atoms with Crippen LogP contribution in [-0.4, -0.2) is 296 Å². The molecule has 35 nitrogen and oxygen atoms in total. The van der Waals surface area contributed by atoms with E-state index in [0.717, 1.165) is 75.5 Å². The normalized spacial score (nSPS) is 19.0. The zero-order valence-electron chi connectivity index (χ0n) is 72.1. The van der Waals surface area contributed by atoms with E-state index in [-0.39, 0.29) is 121 Å². The third-order valence-electron chi connectivity index (χ3n) is 22.1. The molecule has 0 bridgehead atoms. The first kappa shape index (κ1) is 96.6. The van der Waals surface area contributed by atoms with Crippen LogP contribution in [0, 0.1) is 0 Å². The molecular formula is C85H135N23O12. The number of urea groups is 1. The van der Waals surface area contributed by atoms with Crippen molar-refractivity contribution in [3.63, 3.8) is 0 Å². The lowest BCUT2D eigenvalue weighted by Crippen LogP contribution is -2.58. The Hall–Kier alpha value is -10.5. The number of hydrogen-bond donors (Lipinski definition) is 14. The fourth-order valence-electron chi connectivity index (χ4n) is 14.7. The second kappa shape index (κ2) is 51.8. The van der Waals surface area contributed by atoms with Gasteiger partial charge < -0.3 is 93.7 Å². The lowest BCUT2D eigenvalue weighted by molar-refractivity contribution is -0.134. The number of aromatic nitrogens is 2. The lowest BCUT2D eigenvalue weighted by atomic mass is 10.0. The van der Waals surface area contributed by atoms with Crippen molar-refractivity contribution in [2.45, 2.75) is 213 Å². The Balaban J connectivity index is 1.01. The molecule has 3 aliphatic heterocycles.